The summed E-state index contributed by atoms with van der Waals surface area (Å²) in [6.45, 7) is 8.99. The second kappa shape index (κ2) is 10.6. The summed E-state index contributed by atoms with van der Waals surface area (Å²) in [5.74, 6) is -0.163. The Bertz CT molecular complexity index is 859. The molecule has 0 N–H and O–H groups in total. The number of carbonyl (C=O) groups is 2. The minimum Gasteiger partial charge on any atom is -0.438 e. The maximum absolute atomic E-state index is 12.9. The summed E-state index contributed by atoms with van der Waals surface area (Å²) in [7, 11) is -3.70. The Morgan fingerprint density at radius 1 is 0.935 bits per heavy atom. The van der Waals surface area contributed by atoms with E-state index < -0.39 is 10.0 Å². The van der Waals surface area contributed by atoms with Gasteiger partial charge in [0.25, 0.3) is 15.9 Å². The largest absolute Gasteiger partial charge is 0.438 e. The minimum atomic E-state index is -3.70. The first-order chi connectivity index (χ1) is 14.9. The minimum absolute atomic E-state index is 0.0447. The van der Waals surface area contributed by atoms with Crippen LogP contribution in [0.1, 0.15) is 50.1 Å². The predicted octanol–water partition coefficient (Wildman–Crippen LogP) is 1.47. The highest BCUT2D eigenvalue weighted by Crippen LogP contribution is 2.23. The maximum atomic E-state index is 12.9. The van der Waals surface area contributed by atoms with Crippen LogP contribution in [0.15, 0.2) is 21.6 Å². The number of piperidine rings is 1. The molecular weight excluding hydrogens is 420 g/mol. The Labute approximate surface area is 185 Å². The van der Waals surface area contributed by atoms with Crippen LogP contribution in [0.5, 0.6) is 0 Å². The average molecular weight is 455 g/mol. The normalized spacial score (nSPS) is 19.2. The number of carbonyl (C=O) groups excluding carboxylic acids is 2. The van der Waals surface area contributed by atoms with E-state index in [0.29, 0.717) is 52.4 Å². The quantitative estimate of drug-likeness (QED) is 0.619. The summed E-state index contributed by atoms with van der Waals surface area (Å²) in [4.78, 5) is 30.9. The van der Waals surface area contributed by atoms with Crippen LogP contribution in [0.25, 0.3) is 0 Å². The average Bonchev–Trinajstić information content (AvgIpc) is 3.17. The van der Waals surface area contributed by atoms with E-state index in [4.69, 9.17) is 4.42 Å². The molecule has 9 nitrogen and oxygen atoms in total. The summed E-state index contributed by atoms with van der Waals surface area (Å²) in [6.07, 6.45) is 3.46. The fourth-order valence-corrected chi connectivity index (χ4v) is 5.59. The molecule has 10 heteroatoms. The van der Waals surface area contributed by atoms with E-state index in [2.05, 4.69) is 4.90 Å². The van der Waals surface area contributed by atoms with Crippen LogP contribution in [0.3, 0.4) is 0 Å². The van der Waals surface area contributed by atoms with Gasteiger partial charge in [-0.25, -0.2) is 8.42 Å². The molecule has 3 rings (SSSR count). The Morgan fingerprint density at radius 3 is 2.32 bits per heavy atom. The molecule has 1 aromatic heterocycles. The second-order valence-corrected chi connectivity index (χ2v) is 9.94. The Balaban J connectivity index is 1.60. The third-order valence-electron chi connectivity index (χ3n) is 6.05. The molecule has 174 valence electrons. The van der Waals surface area contributed by atoms with Crippen LogP contribution in [-0.2, 0) is 14.8 Å². The van der Waals surface area contributed by atoms with Gasteiger partial charge in [-0.2, -0.15) is 4.31 Å². The number of furan rings is 1. The summed E-state index contributed by atoms with van der Waals surface area (Å²) >= 11 is 0. The highest BCUT2D eigenvalue weighted by atomic mass is 32.2. The first kappa shape index (κ1) is 23.7. The molecule has 2 aliphatic heterocycles. The van der Waals surface area contributed by atoms with Gasteiger partial charge in [0.2, 0.25) is 11.0 Å². The molecule has 0 saturated carbocycles. The van der Waals surface area contributed by atoms with E-state index in [1.807, 2.05) is 13.8 Å². The van der Waals surface area contributed by atoms with Gasteiger partial charge in [0, 0.05) is 52.4 Å². The van der Waals surface area contributed by atoms with E-state index in [-0.39, 0.29) is 22.7 Å². The third kappa shape index (κ3) is 5.67. The molecule has 2 aliphatic rings. The van der Waals surface area contributed by atoms with Crippen LogP contribution in [0, 0.1) is 0 Å². The topological polar surface area (TPSA) is 94.4 Å². The van der Waals surface area contributed by atoms with Crippen molar-refractivity contribution in [3.63, 3.8) is 0 Å². The second-order valence-electron chi connectivity index (χ2n) is 8.07. The molecule has 0 atom stereocenters. The molecule has 0 aromatic carbocycles. The van der Waals surface area contributed by atoms with Crippen molar-refractivity contribution >= 4 is 21.8 Å². The van der Waals surface area contributed by atoms with Gasteiger partial charge in [-0.3, -0.25) is 14.5 Å². The van der Waals surface area contributed by atoms with Crippen molar-refractivity contribution < 1.29 is 22.4 Å². The summed E-state index contributed by atoms with van der Waals surface area (Å²) < 4.78 is 32.5. The zero-order valence-electron chi connectivity index (χ0n) is 18.6. The Hall–Kier alpha value is -1.91. The number of likely N-dealkylation sites (N-methyl/N-ethyl adjacent to an activating group) is 1. The van der Waals surface area contributed by atoms with Crippen molar-refractivity contribution in [2.75, 3.05) is 58.9 Å². The van der Waals surface area contributed by atoms with E-state index in [1.165, 1.54) is 16.4 Å². The maximum Gasteiger partial charge on any atom is 0.289 e. The zero-order chi connectivity index (χ0) is 22.4. The molecule has 2 fully saturated rings. The van der Waals surface area contributed by atoms with E-state index in [9.17, 15) is 18.0 Å². The lowest BCUT2D eigenvalue weighted by Crippen LogP contribution is -2.42. The number of hydrogen-bond donors (Lipinski definition) is 0. The first-order valence-electron chi connectivity index (χ1n) is 11.3. The summed E-state index contributed by atoms with van der Waals surface area (Å²) in [5.41, 5.74) is 0. The van der Waals surface area contributed by atoms with Gasteiger partial charge in [-0.1, -0.05) is 6.42 Å². The van der Waals surface area contributed by atoms with Crippen molar-refractivity contribution in [2.45, 2.75) is 44.6 Å². The Kier molecular flexibility index (Phi) is 8.12. The number of amides is 2. The van der Waals surface area contributed by atoms with Gasteiger partial charge in [0.05, 0.1) is 6.54 Å². The fourth-order valence-electron chi connectivity index (χ4n) is 4.16. The van der Waals surface area contributed by atoms with Crippen LogP contribution in [0.2, 0.25) is 0 Å². The fraction of sp³-hybridized carbons (Fsp3) is 0.714. The molecule has 0 aliphatic carbocycles. The summed E-state index contributed by atoms with van der Waals surface area (Å²) in [6, 6.07) is 2.83. The van der Waals surface area contributed by atoms with E-state index >= 15 is 0 Å². The first-order valence-corrected chi connectivity index (χ1v) is 12.7. The van der Waals surface area contributed by atoms with Crippen molar-refractivity contribution in [1.29, 1.82) is 0 Å². The monoisotopic (exact) mass is 454 g/mol. The van der Waals surface area contributed by atoms with Crippen LogP contribution >= 0.6 is 0 Å². The molecule has 1 aromatic rings. The van der Waals surface area contributed by atoms with Crippen LogP contribution in [0.4, 0.5) is 0 Å². The molecule has 0 spiro atoms. The molecule has 0 unspecified atom stereocenters. The Morgan fingerprint density at radius 2 is 1.65 bits per heavy atom. The number of sulfonamides is 1. The zero-order valence-corrected chi connectivity index (χ0v) is 19.4. The van der Waals surface area contributed by atoms with E-state index in [0.717, 1.165) is 32.2 Å². The highest BCUT2D eigenvalue weighted by molar-refractivity contribution is 7.89. The third-order valence-corrected chi connectivity index (χ3v) is 7.82. The molecule has 0 bridgehead atoms. The summed E-state index contributed by atoms with van der Waals surface area (Å²) in [5, 5.41) is -0.168. The van der Waals surface area contributed by atoms with Crippen molar-refractivity contribution in [1.82, 2.24) is 19.0 Å². The van der Waals surface area contributed by atoms with Gasteiger partial charge < -0.3 is 14.2 Å². The van der Waals surface area contributed by atoms with Crippen LogP contribution in [-0.4, -0.2) is 98.1 Å². The van der Waals surface area contributed by atoms with Crippen LogP contribution < -0.4 is 0 Å². The van der Waals surface area contributed by atoms with Crippen molar-refractivity contribution in [3.05, 3.63) is 17.9 Å². The lowest BCUT2D eigenvalue weighted by Gasteiger charge is -2.25. The number of hydrogen-bond acceptors (Lipinski definition) is 6. The lowest BCUT2D eigenvalue weighted by molar-refractivity contribution is -0.132. The van der Waals surface area contributed by atoms with Gasteiger partial charge in [0.1, 0.15) is 0 Å². The molecule has 2 saturated heterocycles. The number of nitrogens with zero attached hydrogens (tertiary/aromatic N) is 4. The highest BCUT2D eigenvalue weighted by Gasteiger charge is 2.31. The lowest BCUT2D eigenvalue weighted by atomic mass is 10.2. The molecular formula is C21H34N4O5S. The van der Waals surface area contributed by atoms with E-state index in [1.54, 1.807) is 9.80 Å². The smallest absolute Gasteiger partial charge is 0.289 e. The van der Waals surface area contributed by atoms with Gasteiger partial charge in [-0.15, -0.1) is 0 Å². The molecule has 2 amide bonds. The molecule has 3 heterocycles. The number of rotatable bonds is 7. The SMILES string of the molecule is CCN(CC)C(=O)CN1CCCN(C(=O)c2ccc(S(=O)(=O)N3CCCCC3)o2)CC1. The van der Waals surface area contributed by atoms with Crippen molar-refractivity contribution in [2.24, 2.45) is 0 Å². The molecule has 31 heavy (non-hydrogen) atoms. The van der Waals surface area contributed by atoms with Gasteiger partial charge >= 0.3 is 0 Å². The van der Waals surface area contributed by atoms with Gasteiger partial charge in [0.15, 0.2) is 5.76 Å². The standard InChI is InChI=1S/C21H34N4O5S/c1-3-23(4-2)19(26)17-22-11-8-12-24(16-15-22)21(27)18-9-10-20(30-18)31(28,29)25-13-6-5-7-14-25/h9-10H,3-8,11-17H2,1-2H3. The molecule has 0 radical (unpaired) electrons. The van der Waals surface area contributed by atoms with Gasteiger partial charge in [-0.05, 0) is 45.2 Å². The predicted molar refractivity (Wildman–Crippen MR) is 116 cm³/mol. The van der Waals surface area contributed by atoms with Crippen molar-refractivity contribution in [3.8, 4) is 0 Å².